The molecule has 0 saturated carbocycles. The summed E-state index contributed by atoms with van der Waals surface area (Å²) in [5.74, 6) is 0.636. The van der Waals surface area contributed by atoms with Crippen LogP contribution in [-0.2, 0) is 4.74 Å². The molecule has 0 bridgehead atoms. The van der Waals surface area contributed by atoms with Crippen LogP contribution in [0.5, 0.6) is 0 Å². The second kappa shape index (κ2) is 4.83. The van der Waals surface area contributed by atoms with Crippen molar-refractivity contribution in [2.24, 2.45) is 0 Å². The molecule has 0 aliphatic carbocycles. The van der Waals surface area contributed by atoms with Gasteiger partial charge in [0, 0.05) is 0 Å². The molecule has 1 fully saturated rings. The van der Waals surface area contributed by atoms with Crippen LogP contribution in [0.4, 0.5) is 5.82 Å². The third-order valence-corrected chi connectivity index (χ3v) is 3.26. The number of aromatic nitrogens is 5. The van der Waals surface area contributed by atoms with E-state index in [-0.39, 0.29) is 5.82 Å². The number of ether oxygens (including phenoxy) is 1. The van der Waals surface area contributed by atoms with E-state index in [0.717, 1.165) is 0 Å². The largest absolute Gasteiger partial charge is 0.394 e. The summed E-state index contributed by atoms with van der Waals surface area (Å²) >= 11 is 0. The third-order valence-electron chi connectivity index (χ3n) is 3.26. The number of anilines is 1. The van der Waals surface area contributed by atoms with Crippen LogP contribution < -0.4 is 5.73 Å². The Labute approximate surface area is 112 Å². The van der Waals surface area contributed by atoms with Gasteiger partial charge in [-0.2, -0.15) is 10.2 Å². The number of hydrogen-bond donors (Lipinski definition) is 5. The SMILES string of the molecule is Nc1c(-c2ncn[nH]2)cnn1C1OC(CO)C(O)C1O. The predicted molar refractivity (Wildman–Crippen MR) is 65.0 cm³/mol. The van der Waals surface area contributed by atoms with E-state index in [1.807, 2.05) is 0 Å². The van der Waals surface area contributed by atoms with Crippen LogP contribution in [0.2, 0.25) is 0 Å². The Morgan fingerprint density at radius 3 is 2.80 bits per heavy atom. The number of aliphatic hydroxyl groups excluding tert-OH is 3. The van der Waals surface area contributed by atoms with Gasteiger partial charge in [-0.1, -0.05) is 0 Å². The zero-order valence-electron chi connectivity index (χ0n) is 10.3. The van der Waals surface area contributed by atoms with Gasteiger partial charge in [0.15, 0.2) is 12.1 Å². The van der Waals surface area contributed by atoms with Crippen LogP contribution >= 0.6 is 0 Å². The Balaban J connectivity index is 1.92. The fourth-order valence-electron chi connectivity index (χ4n) is 2.17. The number of nitrogens with two attached hydrogens (primary N) is 1. The van der Waals surface area contributed by atoms with Crippen LogP contribution in [0.1, 0.15) is 6.23 Å². The van der Waals surface area contributed by atoms with Gasteiger partial charge in [-0.25, -0.2) is 9.67 Å². The van der Waals surface area contributed by atoms with Crippen molar-refractivity contribution in [1.29, 1.82) is 0 Å². The molecular weight excluding hydrogens is 268 g/mol. The van der Waals surface area contributed by atoms with Crippen molar-refractivity contribution in [3.05, 3.63) is 12.5 Å². The van der Waals surface area contributed by atoms with Crippen molar-refractivity contribution >= 4 is 5.82 Å². The van der Waals surface area contributed by atoms with Crippen LogP contribution in [0, 0.1) is 0 Å². The van der Waals surface area contributed by atoms with E-state index in [4.69, 9.17) is 15.6 Å². The van der Waals surface area contributed by atoms with E-state index in [2.05, 4.69) is 20.3 Å². The lowest BCUT2D eigenvalue weighted by atomic mass is 10.1. The van der Waals surface area contributed by atoms with Gasteiger partial charge >= 0.3 is 0 Å². The molecule has 10 nitrogen and oxygen atoms in total. The number of nitrogens with zero attached hydrogens (tertiary/aromatic N) is 4. The van der Waals surface area contributed by atoms with Crippen molar-refractivity contribution in [2.45, 2.75) is 24.5 Å². The lowest BCUT2D eigenvalue weighted by molar-refractivity contribution is -0.0574. The van der Waals surface area contributed by atoms with E-state index in [9.17, 15) is 10.2 Å². The highest BCUT2D eigenvalue weighted by molar-refractivity contribution is 5.67. The van der Waals surface area contributed by atoms with Gasteiger partial charge in [-0.3, -0.25) is 5.10 Å². The van der Waals surface area contributed by atoms with E-state index < -0.39 is 31.1 Å². The molecule has 4 unspecified atom stereocenters. The monoisotopic (exact) mass is 282 g/mol. The zero-order valence-corrected chi connectivity index (χ0v) is 10.3. The number of aromatic amines is 1. The van der Waals surface area contributed by atoms with Gasteiger partial charge in [0.05, 0.1) is 18.4 Å². The van der Waals surface area contributed by atoms with Crippen molar-refractivity contribution in [2.75, 3.05) is 12.3 Å². The van der Waals surface area contributed by atoms with Gasteiger partial charge < -0.3 is 25.8 Å². The minimum absolute atomic E-state index is 0.205. The van der Waals surface area contributed by atoms with Crippen LogP contribution in [0.15, 0.2) is 12.5 Å². The molecule has 0 amide bonds. The van der Waals surface area contributed by atoms with Gasteiger partial charge in [0.25, 0.3) is 0 Å². The van der Waals surface area contributed by atoms with Crippen molar-refractivity contribution in [3.63, 3.8) is 0 Å². The number of hydrogen-bond acceptors (Lipinski definition) is 8. The second-order valence-corrected chi connectivity index (χ2v) is 4.45. The fraction of sp³-hybridized carbons (Fsp3) is 0.500. The first-order chi connectivity index (χ1) is 9.63. The summed E-state index contributed by atoms with van der Waals surface area (Å²) in [6, 6.07) is 0. The number of H-pyrrole nitrogens is 1. The minimum Gasteiger partial charge on any atom is -0.394 e. The van der Waals surface area contributed by atoms with Crippen LogP contribution in [0.25, 0.3) is 11.4 Å². The van der Waals surface area contributed by atoms with Crippen molar-refractivity contribution in [1.82, 2.24) is 25.0 Å². The summed E-state index contributed by atoms with van der Waals surface area (Å²) in [5.41, 5.74) is 6.45. The summed E-state index contributed by atoms with van der Waals surface area (Å²) in [6.45, 7) is -0.412. The Morgan fingerprint density at radius 1 is 1.40 bits per heavy atom. The van der Waals surface area contributed by atoms with Crippen molar-refractivity contribution in [3.8, 4) is 11.4 Å². The summed E-state index contributed by atoms with van der Waals surface area (Å²) in [5, 5.41) is 39.1. The van der Waals surface area contributed by atoms with Gasteiger partial charge in [-0.05, 0) is 0 Å². The Kier molecular flexibility index (Phi) is 3.14. The first-order valence-corrected chi connectivity index (χ1v) is 5.94. The van der Waals surface area contributed by atoms with Gasteiger partial charge in [0.2, 0.25) is 0 Å². The first kappa shape index (κ1) is 13.0. The number of nitrogens with one attached hydrogen (secondary N) is 1. The molecule has 2 aromatic heterocycles. The minimum atomic E-state index is -1.24. The quantitative estimate of drug-likeness (QED) is 0.427. The van der Waals surface area contributed by atoms with Crippen LogP contribution in [0.3, 0.4) is 0 Å². The molecule has 4 atom stereocenters. The standard InChI is InChI=1S/C10H14N6O4/c11-8-4(9-12-3-13-15-9)1-14-16(8)10-7(19)6(18)5(2-17)20-10/h1,3,5-7,10,17-19H,2,11H2,(H,12,13,15). The lowest BCUT2D eigenvalue weighted by Gasteiger charge is -2.16. The average molecular weight is 282 g/mol. The van der Waals surface area contributed by atoms with E-state index in [1.165, 1.54) is 17.2 Å². The predicted octanol–water partition coefficient (Wildman–Crippen LogP) is -2.14. The first-order valence-electron chi connectivity index (χ1n) is 5.94. The topological polar surface area (TPSA) is 155 Å². The van der Waals surface area contributed by atoms with E-state index >= 15 is 0 Å². The molecule has 1 aliphatic rings. The highest BCUT2D eigenvalue weighted by Crippen LogP contribution is 2.33. The number of aliphatic hydroxyl groups is 3. The smallest absolute Gasteiger partial charge is 0.181 e. The molecule has 0 radical (unpaired) electrons. The maximum Gasteiger partial charge on any atom is 0.181 e. The highest BCUT2D eigenvalue weighted by Gasteiger charge is 2.44. The second-order valence-electron chi connectivity index (χ2n) is 4.45. The summed E-state index contributed by atoms with van der Waals surface area (Å²) in [7, 11) is 0. The molecular formula is C10H14N6O4. The Hall–Kier alpha value is -2.01. The maximum absolute atomic E-state index is 9.94. The van der Waals surface area contributed by atoms with Gasteiger partial charge in [0.1, 0.15) is 30.5 Å². The molecule has 1 aliphatic heterocycles. The fourth-order valence-corrected chi connectivity index (χ4v) is 2.17. The summed E-state index contributed by atoms with van der Waals surface area (Å²) in [4.78, 5) is 3.96. The lowest BCUT2D eigenvalue weighted by Crippen LogP contribution is -2.33. The average Bonchev–Trinajstić information content (AvgIpc) is 3.13. The number of nitrogen functional groups attached to an aromatic ring is 1. The van der Waals surface area contributed by atoms with Crippen LogP contribution in [-0.4, -0.2) is 65.2 Å². The molecule has 3 heterocycles. The maximum atomic E-state index is 9.94. The molecule has 1 saturated heterocycles. The molecule has 20 heavy (non-hydrogen) atoms. The molecule has 108 valence electrons. The number of rotatable bonds is 3. The summed E-state index contributed by atoms with van der Waals surface area (Å²) in [6.07, 6.45) is -1.52. The molecule has 0 spiro atoms. The highest BCUT2D eigenvalue weighted by atomic mass is 16.6. The third kappa shape index (κ3) is 1.86. The molecule has 2 aromatic rings. The van der Waals surface area contributed by atoms with Gasteiger partial charge in [-0.15, -0.1) is 0 Å². The van der Waals surface area contributed by atoms with E-state index in [0.29, 0.717) is 11.4 Å². The molecule has 3 rings (SSSR count). The zero-order chi connectivity index (χ0) is 14.3. The molecule has 0 aromatic carbocycles. The van der Waals surface area contributed by atoms with E-state index in [1.54, 1.807) is 0 Å². The van der Waals surface area contributed by atoms with Crippen molar-refractivity contribution < 1.29 is 20.1 Å². The summed E-state index contributed by atoms with van der Waals surface area (Å²) < 4.78 is 6.59. The normalized spacial score (nSPS) is 29.9. The Bertz CT molecular complexity index is 585. The molecule has 6 N–H and O–H groups in total. The molecule has 10 heteroatoms. The Morgan fingerprint density at radius 2 is 2.20 bits per heavy atom.